The average molecular weight is 381 g/mol. The molecule has 0 fully saturated rings. The maximum absolute atomic E-state index is 12.3. The third kappa shape index (κ3) is 4.63. The number of carbonyl (C=O) groups excluding carboxylic acids is 1. The molecule has 3 rings (SSSR count). The van der Waals surface area contributed by atoms with Crippen LogP contribution in [0.4, 0.5) is 0 Å². The highest BCUT2D eigenvalue weighted by Crippen LogP contribution is 2.22. The maximum Gasteiger partial charge on any atom is 0.287 e. The summed E-state index contributed by atoms with van der Waals surface area (Å²) >= 11 is 0. The average Bonchev–Trinajstić information content (AvgIpc) is 3.32. The molecule has 1 unspecified atom stereocenters. The highest BCUT2D eigenvalue weighted by molar-refractivity contribution is 5.91. The van der Waals surface area contributed by atoms with Crippen LogP contribution in [0.1, 0.15) is 59.3 Å². The summed E-state index contributed by atoms with van der Waals surface area (Å²) in [6, 6.07) is 11.5. The van der Waals surface area contributed by atoms with Crippen LogP contribution in [-0.2, 0) is 20.2 Å². The maximum atomic E-state index is 12.3. The van der Waals surface area contributed by atoms with E-state index in [1.807, 2.05) is 26.1 Å². The molecule has 28 heavy (non-hydrogen) atoms. The van der Waals surface area contributed by atoms with Gasteiger partial charge in [0.15, 0.2) is 5.76 Å². The largest absolute Gasteiger partial charge is 0.486 e. The molecule has 148 valence electrons. The molecule has 0 aliphatic carbocycles. The van der Waals surface area contributed by atoms with Crippen molar-refractivity contribution >= 4 is 5.91 Å². The minimum absolute atomic E-state index is 0.257. The Balaban J connectivity index is 1.52. The van der Waals surface area contributed by atoms with Gasteiger partial charge in [0.25, 0.3) is 5.91 Å². The number of nitrogens with one attached hydrogen (secondary N) is 1. The van der Waals surface area contributed by atoms with Gasteiger partial charge < -0.3 is 14.5 Å². The number of aryl methyl sites for hydroxylation is 1. The van der Waals surface area contributed by atoms with Crippen LogP contribution in [-0.4, -0.2) is 15.7 Å². The zero-order valence-electron chi connectivity index (χ0n) is 16.9. The van der Waals surface area contributed by atoms with E-state index in [2.05, 4.69) is 36.4 Å². The van der Waals surface area contributed by atoms with Gasteiger partial charge in [0.05, 0.1) is 6.20 Å². The van der Waals surface area contributed by atoms with Crippen LogP contribution in [0.2, 0.25) is 0 Å². The van der Waals surface area contributed by atoms with Crippen molar-refractivity contribution in [1.82, 2.24) is 15.1 Å². The van der Waals surface area contributed by atoms with Gasteiger partial charge in [-0.25, -0.2) is 0 Å². The normalized spacial score (nSPS) is 12.0. The van der Waals surface area contributed by atoms with E-state index < -0.39 is 0 Å². The Morgan fingerprint density at radius 1 is 1.25 bits per heavy atom. The molecule has 0 bridgehead atoms. The van der Waals surface area contributed by atoms with E-state index in [1.165, 1.54) is 5.56 Å². The van der Waals surface area contributed by atoms with Crippen LogP contribution in [0, 0.1) is 6.92 Å². The van der Waals surface area contributed by atoms with Crippen LogP contribution >= 0.6 is 0 Å². The lowest BCUT2D eigenvalue weighted by atomic mass is 9.99. The molecule has 0 saturated carbocycles. The molecular weight excluding hydrogens is 354 g/mol. The summed E-state index contributed by atoms with van der Waals surface area (Å²) in [7, 11) is 1.87. The van der Waals surface area contributed by atoms with Crippen LogP contribution in [0.5, 0.6) is 5.75 Å². The van der Waals surface area contributed by atoms with Crippen LogP contribution in [0.25, 0.3) is 0 Å². The fraction of sp³-hybridized carbons (Fsp3) is 0.364. The van der Waals surface area contributed by atoms with Crippen molar-refractivity contribution in [3.05, 3.63) is 70.9 Å². The minimum atomic E-state index is -0.257. The Morgan fingerprint density at radius 3 is 2.64 bits per heavy atom. The van der Waals surface area contributed by atoms with Gasteiger partial charge in [-0.3, -0.25) is 9.48 Å². The topological polar surface area (TPSA) is 69.3 Å². The summed E-state index contributed by atoms with van der Waals surface area (Å²) in [5.41, 5.74) is 3.30. The first-order chi connectivity index (χ1) is 13.5. The lowest BCUT2D eigenvalue weighted by Crippen LogP contribution is -2.22. The van der Waals surface area contributed by atoms with Crippen molar-refractivity contribution < 1.29 is 13.9 Å². The zero-order valence-corrected chi connectivity index (χ0v) is 16.9. The van der Waals surface area contributed by atoms with Crippen molar-refractivity contribution in [2.75, 3.05) is 0 Å². The molecule has 6 nitrogen and oxygen atoms in total. The lowest BCUT2D eigenvalue weighted by Gasteiger charge is -2.10. The Labute approximate surface area is 165 Å². The molecule has 0 aliphatic rings. The number of ether oxygens (including phenoxy) is 1. The Bertz CT molecular complexity index is 925. The first-order valence-electron chi connectivity index (χ1n) is 9.55. The molecule has 1 atom stereocenters. The zero-order chi connectivity index (χ0) is 20.1. The quantitative estimate of drug-likeness (QED) is 0.630. The predicted octanol–water partition coefficient (Wildman–Crippen LogP) is 4.34. The van der Waals surface area contributed by atoms with E-state index in [0.29, 0.717) is 18.2 Å². The third-order valence-corrected chi connectivity index (χ3v) is 5.10. The fourth-order valence-electron chi connectivity index (χ4n) is 2.84. The van der Waals surface area contributed by atoms with Crippen molar-refractivity contribution in [3.8, 4) is 5.75 Å². The third-order valence-electron chi connectivity index (χ3n) is 5.10. The van der Waals surface area contributed by atoms with Gasteiger partial charge in [0.2, 0.25) is 0 Å². The Morgan fingerprint density at radius 2 is 2.00 bits per heavy atom. The van der Waals surface area contributed by atoms with Gasteiger partial charge in [-0.15, -0.1) is 0 Å². The fourth-order valence-corrected chi connectivity index (χ4v) is 2.84. The molecule has 0 aliphatic heterocycles. The summed E-state index contributed by atoms with van der Waals surface area (Å²) in [6.45, 7) is 7.04. The lowest BCUT2D eigenvalue weighted by molar-refractivity contribution is 0.0919. The number of rotatable bonds is 8. The smallest absolute Gasteiger partial charge is 0.287 e. The number of nitrogens with zero attached hydrogens (tertiary/aromatic N) is 2. The first-order valence-corrected chi connectivity index (χ1v) is 9.55. The molecule has 6 heteroatoms. The van der Waals surface area contributed by atoms with E-state index in [1.54, 1.807) is 23.0 Å². The second-order valence-corrected chi connectivity index (χ2v) is 6.99. The summed E-state index contributed by atoms with van der Waals surface area (Å²) in [4.78, 5) is 12.3. The Hall–Kier alpha value is -3.02. The highest BCUT2D eigenvalue weighted by Gasteiger charge is 2.13. The summed E-state index contributed by atoms with van der Waals surface area (Å²) in [6.07, 6.45) is 2.86. The molecule has 0 spiro atoms. The van der Waals surface area contributed by atoms with Crippen molar-refractivity contribution in [3.63, 3.8) is 0 Å². The standard InChI is InChI=1S/C22H27N3O3/c1-5-15(2)17-6-8-19(9-7-17)27-14-20-10-11-21(28-20)22(26)23-12-18-13-24-25(4)16(18)3/h6-11,13,15H,5,12,14H2,1-4H3,(H,23,26). The van der Waals surface area contributed by atoms with Crippen LogP contribution in [0.3, 0.4) is 0 Å². The van der Waals surface area contributed by atoms with Crippen molar-refractivity contribution in [2.45, 2.75) is 46.3 Å². The van der Waals surface area contributed by atoms with Crippen LogP contribution in [0.15, 0.2) is 47.0 Å². The summed E-state index contributed by atoms with van der Waals surface area (Å²) in [5.74, 6) is 1.94. The molecule has 2 heterocycles. The van der Waals surface area contributed by atoms with Crippen molar-refractivity contribution in [2.24, 2.45) is 7.05 Å². The second-order valence-electron chi connectivity index (χ2n) is 6.99. The molecule has 1 amide bonds. The number of furan rings is 1. The Kier molecular flexibility index (Phi) is 6.19. The summed E-state index contributed by atoms with van der Waals surface area (Å²) < 4.78 is 13.2. The van der Waals surface area contributed by atoms with E-state index in [-0.39, 0.29) is 18.3 Å². The SMILES string of the molecule is CCC(C)c1ccc(OCc2ccc(C(=O)NCc3cnn(C)c3C)o2)cc1. The van der Waals surface area contributed by atoms with E-state index in [4.69, 9.17) is 9.15 Å². The summed E-state index contributed by atoms with van der Waals surface area (Å²) in [5, 5.41) is 7.02. The molecule has 1 aromatic carbocycles. The number of hydrogen-bond donors (Lipinski definition) is 1. The van der Waals surface area contributed by atoms with Crippen LogP contribution < -0.4 is 10.1 Å². The number of aromatic nitrogens is 2. The number of carbonyl (C=O) groups is 1. The van der Waals surface area contributed by atoms with E-state index >= 15 is 0 Å². The van der Waals surface area contributed by atoms with Gasteiger partial charge >= 0.3 is 0 Å². The van der Waals surface area contributed by atoms with Gasteiger partial charge in [-0.1, -0.05) is 26.0 Å². The number of hydrogen-bond acceptors (Lipinski definition) is 4. The molecule has 0 saturated heterocycles. The van der Waals surface area contributed by atoms with Crippen molar-refractivity contribution in [1.29, 1.82) is 0 Å². The second kappa shape index (κ2) is 8.78. The first kappa shape index (κ1) is 19.7. The monoisotopic (exact) mass is 381 g/mol. The van der Waals surface area contributed by atoms with Gasteiger partial charge in [0.1, 0.15) is 18.1 Å². The van der Waals surface area contributed by atoms with Gasteiger partial charge in [-0.2, -0.15) is 5.10 Å². The minimum Gasteiger partial charge on any atom is -0.486 e. The molecule has 0 radical (unpaired) electrons. The number of amides is 1. The molecular formula is C22H27N3O3. The predicted molar refractivity (Wildman–Crippen MR) is 107 cm³/mol. The number of benzene rings is 1. The van der Waals surface area contributed by atoms with Gasteiger partial charge in [-0.05, 0) is 49.1 Å². The van der Waals surface area contributed by atoms with E-state index in [9.17, 15) is 4.79 Å². The van der Waals surface area contributed by atoms with E-state index in [0.717, 1.165) is 23.4 Å². The molecule has 2 aromatic heterocycles. The highest BCUT2D eigenvalue weighted by atomic mass is 16.5. The van der Waals surface area contributed by atoms with Gasteiger partial charge in [0, 0.05) is 24.8 Å². The molecule has 3 aromatic rings. The molecule has 1 N–H and O–H groups in total.